The van der Waals surface area contributed by atoms with Crippen LogP contribution in [0.3, 0.4) is 0 Å². The van der Waals surface area contributed by atoms with Crippen molar-refractivity contribution in [3.63, 3.8) is 0 Å². The minimum atomic E-state index is -0.474. The van der Waals surface area contributed by atoms with Crippen LogP contribution in [0, 0.1) is 17.0 Å². The Bertz CT molecular complexity index is 1390. The molecule has 0 unspecified atom stereocenters. The quantitative estimate of drug-likeness (QED) is 0.322. The van der Waals surface area contributed by atoms with E-state index < -0.39 is 4.92 Å². The molecular weight excluding hydrogens is 428 g/mol. The Hall–Kier alpha value is -3.85. The number of hydrogen-bond donors (Lipinski definition) is 0. The van der Waals surface area contributed by atoms with Gasteiger partial charge < -0.3 is 4.90 Å². The van der Waals surface area contributed by atoms with Crippen molar-refractivity contribution in [2.75, 3.05) is 11.4 Å². The minimum absolute atomic E-state index is 0.0574. The lowest BCUT2D eigenvalue weighted by Gasteiger charge is -2.22. The number of nitro groups is 1. The summed E-state index contributed by atoms with van der Waals surface area (Å²) in [5, 5.41) is 13.3. The summed E-state index contributed by atoms with van der Waals surface area (Å²) in [5.41, 5.74) is 2.52. The van der Waals surface area contributed by atoms with Crippen LogP contribution in [-0.2, 0) is 11.3 Å². The molecule has 0 saturated carbocycles. The van der Waals surface area contributed by atoms with Gasteiger partial charge >= 0.3 is 0 Å². The molecule has 0 N–H and O–H groups in total. The van der Waals surface area contributed by atoms with Gasteiger partial charge in [-0.2, -0.15) is 0 Å². The molecule has 0 bridgehead atoms. The number of likely N-dealkylation sites (N-methyl/N-ethyl adjacent to an activating group) is 1. The van der Waals surface area contributed by atoms with Gasteiger partial charge in [-0.05, 0) is 37.1 Å². The topological polar surface area (TPSA) is 98.3 Å². The van der Waals surface area contributed by atoms with Gasteiger partial charge in [0.05, 0.1) is 16.6 Å². The molecule has 0 radical (unpaired) electrons. The Morgan fingerprint density at radius 3 is 2.72 bits per heavy atom. The van der Waals surface area contributed by atoms with Crippen molar-refractivity contribution in [3.8, 4) is 11.1 Å². The van der Waals surface area contributed by atoms with Crippen molar-refractivity contribution >= 4 is 38.8 Å². The third kappa shape index (κ3) is 4.02. The molecule has 0 atom stereocenters. The number of benzene rings is 2. The first-order valence-corrected chi connectivity index (χ1v) is 10.9. The van der Waals surface area contributed by atoms with E-state index in [-0.39, 0.29) is 23.7 Å². The number of anilines is 1. The van der Waals surface area contributed by atoms with Gasteiger partial charge in [0.1, 0.15) is 11.4 Å². The van der Waals surface area contributed by atoms with E-state index in [0.29, 0.717) is 27.9 Å². The average Bonchev–Trinajstić information content (AvgIpc) is 3.21. The maximum atomic E-state index is 13.3. The molecule has 162 valence electrons. The molecule has 0 aliphatic heterocycles. The number of rotatable bonds is 6. The maximum Gasteiger partial charge on any atom is 0.270 e. The number of fused-ring (bicyclic) bond motifs is 1. The van der Waals surface area contributed by atoms with Crippen LogP contribution in [-0.4, -0.2) is 26.9 Å². The van der Waals surface area contributed by atoms with Crippen molar-refractivity contribution in [3.05, 3.63) is 86.3 Å². The van der Waals surface area contributed by atoms with Gasteiger partial charge in [0, 0.05) is 35.3 Å². The Kier molecular flexibility index (Phi) is 5.83. The molecule has 9 heteroatoms. The van der Waals surface area contributed by atoms with E-state index in [0.717, 1.165) is 11.3 Å². The summed E-state index contributed by atoms with van der Waals surface area (Å²) in [6, 6.07) is 13.7. The second kappa shape index (κ2) is 8.72. The van der Waals surface area contributed by atoms with Gasteiger partial charge in [-0.15, -0.1) is 11.3 Å². The Morgan fingerprint density at radius 1 is 1.22 bits per heavy atom. The van der Waals surface area contributed by atoms with E-state index in [2.05, 4.69) is 4.98 Å². The molecule has 4 aromatic rings. The summed E-state index contributed by atoms with van der Waals surface area (Å²) in [7, 11) is 0. The number of carbonyl (C=O) groups is 1. The Balaban J connectivity index is 1.72. The standard InChI is InChI=1S/C23H20N4O4S/c1-3-26(17-8-4-6-15(2)10-17)20(28)12-25-14-24-22-21(23(25)29)19(13-32-22)16-7-5-9-18(11-16)27(30)31/h4-11,13-14H,3,12H2,1-2H3. The number of amides is 1. The molecule has 0 aliphatic rings. The summed E-state index contributed by atoms with van der Waals surface area (Å²) in [6.45, 7) is 4.14. The SMILES string of the molecule is CCN(C(=O)Cn1cnc2scc(-c3cccc([N+](=O)[O-])c3)c2c1=O)c1cccc(C)c1. The molecule has 2 heterocycles. The molecule has 1 amide bonds. The summed E-state index contributed by atoms with van der Waals surface area (Å²) in [5.74, 6) is -0.228. The van der Waals surface area contributed by atoms with E-state index in [1.807, 2.05) is 38.1 Å². The van der Waals surface area contributed by atoms with E-state index >= 15 is 0 Å². The lowest BCUT2D eigenvalue weighted by Crippen LogP contribution is -2.36. The molecule has 8 nitrogen and oxygen atoms in total. The highest BCUT2D eigenvalue weighted by Crippen LogP contribution is 2.32. The zero-order valence-electron chi connectivity index (χ0n) is 17.5. The molecule has 0 fully saturated rings. The summed E-state index contributed by atoms with van der Waals surface area (Å²) in [4.78, 5) is 43.5. The van der Waals surface area contributed by atoms with Crippen LogP contribution >= 0.6 is 11.3 Å². The van der Waals surface area contributed by atoms with Crippen LogP contribution in [0.4, 0.5) is 11.4 Å². The lowest BCUT2D eigenvalue weighted by atomic mass is 10.1. The fraction of sp³-hybridized carbons (Fsp3) is 0.174. The highest BCUT2D eigenvalue weighted by Gasteiger charge is 2.19. The van der Waals surface area contributed by atoms with Crippen molar-refractivity contribution in [1.82, 2.24) is 9.55 Å². The number of aryl methyl sites for hydroxylation is 1. The largest absolute Gasteiger partial charge is 0.311 e. The molecule has 2 aromatic carbocycles. The van der Waals surface area contributed by atoms with E-state index in [1.54, 1.807) is 22.4 Å². The van der Waals surface area contributed by atoms with Gasteiger partial charge in [0.2, 0.25) is 5.91 Å². The highest BCUT2D eigenvalue weighted by molar-refractivity contribution is 7.17. The number of non-ortho nitro benzene ring substituents is 1. The average molecular weight is 449 g/mol. The van der Waals surface area contributed by atoms with E-state index in [4.69, 9.17) is 0 Å². The van der Waals surface area contributed by atoms with Gasteiger partial charge in [-0.3, -0.25) is 24.3 Å². The third-order valence-electron chi connectivity index (χ3n) is 5.16. The molecule has 32 heavy (non-hydrogen) atoms. The van der Waals surface area contributed by atoms with E-state index in [9.17, 15) is 19.7 Å². The number of thiophene rings is 1. The van der Waals surface area contributed by atoms with Crippen molar-refractivity contribution in [2.45, 2.75) is 20.4 Å². The molecule has 0 aliphatic carbocycles. The van der Waals surface area contributed by atoms with Crippen LogP contribution < -0.4 is 10.5 Å². The summed E-state index contributed by atoms with van der Waals surface area (Å²) < 4.78 is 1.29. The predicted molar refractivity (Wildman–Crippen MR) is 125 cm³/mol. The number of carbonyl (C=O) groups excluding carboxylic acids is 1. The molecule has 0 spiro atoms. The second-order valence-electron chi connectivity index (χ2n) is 7.29. The Morgan fingerprint density at radius 2 is 2.00 bits per heavy atom. The van der Waals surface area contributed by atoms with Crippen LogP contribution in [0.1, 0.15) is 12.5 Å². The predicted octanol–water partition coefficient (Wildman–Crippen LogP) is 4.39. The van der Waals surface area contributed by atoms with Crippen molar-refractivity contribution in [2.24, 2.45) is 0 Å². The van der Waals surface area contributed by atoms with E-state index in [1.165, 1.54) is 34.4 Å². The van der Waals surface area contributed by atoms with Gasteiger partial charge in [-0.1, -0.05) is 24.3 Å². The Labute approximate surface area is 187 Å². The highest BCUT2D eigenvalue weighted by atomic mass is 32.1. The minimum Gasteiger partial charge on any atom is -0.311 e. The molecule has 2 aromatic heterocycles. The van der Waals surface area contributed by atoms with Crippen LogP contribution in [0.2, 0.25) is 0 Å². The first kappa shape index (κ1) is 21.4. The fourth-order valence-corrected chi connectivity index (χ4v) is 4.52. The molecular formula is C23H20N4O4S. The fourth-order valence-electron chi connectivity index (χ4n) is 3.61. The summed E-state index contributed by atoms with van der Waals surface area (Å²) >= 11 is 1.28. The summed E-state index contributed by atoms with van der Waals surface area (Å²) in [6.07, 6.45) is 1.38. The molecule has 0 saturated heterocycles. The maximum absolute atomic E-state index is 13.3. The third-order valence-corrected chi connectivity index (χ3v) is 6.05. The smallest absolute Gasteiger partial charge is 0.270 e. The molecule has 4 rings (SSSR count). The van der Waals surface area contributed by atoms with Gasteiger partial charge in [-0.25, -0.2) is 4.98 Å². The lowest BCUT2D eigenvalue weighted by molar-refractivity contribution is -0.384. The van der Waals surface area contributed by atoms with Crippen molar-refractivity contribution in [1.29, 1.82) is 0 Å². The number of hydrogen-bond acceptors (Lipinski definition) is 6. The van der Waals surface area contributed by atoms with Gasteiger partial charge in [0.25, 0.3) is 11.2 Å². The second-order valence-corrected chi connectivity index (χ2v) is 8.15. The number of aromatic nitrogens is 2. The van der Waals surface area contributed by atoms with Gasteiger partial charge in [0.15, 0.2) is 0 Å². The number of nitrogens with zero attached hydrogens (tertiary/aromatic N) is 4. The zero-order valence-corrected chi connectivity index (χ0v) is 18.3. The number of nitro benzene ring substituents is 1. The van der Waals surface area contributed by atoms with Crippen LogP contribution in [0.25, 0.3) is 21.3 Å². The van der Waals surface area contributed by atoms with Crippen molar-refractivity contribution < 1.29 is 9.72 Å². The normalized spacial score (nSPS) is 10.9. The first-order chi connectivity index (χ1) is 15.4. The van der Waals surface area contributed by atoms with Crippen LogP contribution in [0.15, 0.2) is 65.0 Å². The zero-order chi connectivity index (χ0) is 22.8. The van der Waals surface area contributed by atoms with Crippen LogP contribution in [0.5, 0.6) is 0 Å². The monoisotopic (exact) mass is 448 g/mol. The first-order valence-electron chi connectivity index (χ1n) is 9.97.